The number of ether oxygens (including phenoxy) is 1. The Morgan fingerprint density at radius 1 is 1.17 bits per heavy atom. The molecule has 1 N–H and O–H groups in total. The molecule has 0 aliphatic carbocycles. The molecule has 1 saturated heterocycles. The van der Waals surface area contributed by atoms with Crippen LogP contribution in [-0.2, 0) is 10.0 Å². The van der Waals surface area contributed by atoms with E-state index in [0.717, 1.165) is 11.1 Å². The molecule has 8 nitrogen and oxygen atoms in total. The molecule has 9 heteroatoms. The van der Waals surface area contributed by atoms with Crippen molar-refractivity contribution in [1.29, 1.82) is 0 Å². The molecule has 0 radical (unpaired) electrons. The number of hydrogen-bond acceptors (Lipinski definition) is 6. The van der Waals surface area contributed by atoms with Gasteiger partial charge in [0.2, 0.25) is 10.0 Å². The molecule has 30 heavy (non-hydrogen) atoms. The first-order chi connectivity index (χ1) is 14.4. The van der Waals surface area contributed by atoms with Gasteiger partial charge in [-0.05, 0) is 49.2 Å². The SMILES string of the molecule is COc1ccc(S(=O)(=O)N2CC[C@@H](c3nc(-c4ccncc4)cc(=O)[nH]3)C2)cc1C. The van der Waals surface area contributed by atoms with Gasteiger partial charge in [-0.3, -0.25) is 9.78 Å². The first-order valence-corrected chi connectivity index (χ1v) is 11.0. The normalized spacial score (nSPS) is 17.2. The first-order valence-electron chi connectivity index (χ1n) is 9.55. The average Bonchev–Trinajstić information content (AvgIpc) is 3.25. The van der Waals surface area contributed by atoms with Crippen LogP contribution in [0.1, 0.15) is 23.7 Å². The molecule has 0 spiro atoms. The van der Waals surface area contributed by atoms with E-state index < -0.39 is 10.0 Å². The Bertz CT molecular complexity index is 1230. The van der Waals surface area contributed by atoms with Gasteiger partial charge in [0.25, 0.3) is 5.56 Å². The zero-order valence-corrected chi connectivity index (χ0v) is 17.5. The highest BCUT2D eigenvalue weighted by atomic mass is 32.2. The fourth-order valence-corrected chi connectivity index (χ4v) is 5.26. The second kappa shape index (κ2) is 8.00. The third-order valence-corrected chi connectivity index (χ3v) is 7.14. The van der Waals surface area contributed by atoms with E-state index in [2.05, 4.69) is 15.0 Å². The summed E-state index contributed by atoms with van der Waals surface area (Å²) in [4.78, 5) is 23.8. The average molecular weight is 426 g/mol. The van der Waals surface area contributed by atoms with Crippen molar-refractivity contribution in [3.8, 4) is 17.0 Å². The fourth-order valence-electron chi connectivity index (χ4n) is 3.67. The minimum atomic E-state index is -3.65. The number of sulfonamides is 1. The van der Waals surface area contributed by atoms with Crippen LogP contribution in [0, 0.1) is 6.92 Å². The molecule has 2 aromatic heterocycles. The molecule has 0 unspecified atom stereocenters. The zero-order valence-electron chi connectivity index (χ0n) is 16.7. The van der Waals surface area contributed by atoms with E-state index >= 15 is 0 Å². The van der Waals surface area contributed by atoms with Crippen LogP contribution in [0.15, 0.2) is 58.5 Å². The molecule has 1 fully saturated rings. The van der Waals surface area contributed by atoms with Crippen molar-refractivity contribution >= 4 is 10.0 Å². The third-order valence-electron chi connectivity index (χ3n) is 5.28. The Balaban J connectivity index is 1.60. The highest BCUT2D eigenvalue weighted by Gasteiger charge is 2.34. The number of H-pyrrole nitrogens is 1. The van der Waals surface area contributed by atoms with Gasteiger partial charge in [-0.1, -0.05) is 0 Å². The molecule has 1 atom stereocenters. The molecule has 0 bridgehead atoms. The lowest BCUT2D eigenvalue weighted by Crippen LogP contribution is -2.29. The number of hydrogen-bond donors (Lipinski definition) is 1. The van der Waals surface area contributed by atoms with E-state index in [-0.39, 0.29) is 22.9 Å². The van der Waals surface area contributed by atoms with Crippen molar-refractivity contribution in [2.24, 2.45) is 0 Å². The lowest BCUT2D eigenvalue weighted by atomic mass is 10.1. The number of aryl methyl sites for hydroxylation is 1. The van der Waals surface area contributed by atoms with Gasteiger partial charge in [0.15, 0.2) is 0 Å². The lowest BCUT2D eigenvalue weighted by molar-refractivity contribution is 0.411. The van der Waals surface area contributed by atoms with Crippen molar-refractivity contribution in [3.63, 3.8) is 0 Å². The standard InChI is InChI=1S/C21H22N4O4S/c1-14-11-17(3-4-19(14)29-2)30(27,28)25-10-7-16(13-25)21-23-18(12-20(26)24-21)15-5-8-22-9-6-15/h3-6,8-9,11-12,16H,7,10,13H2,1-2H3,(H,23,24,26)/t16-/m1/s1. The van der Waals surface area contributed by atoms with Gasteiger partial charge >= 0.3 is 0 Å². The summed E-state index contributed by atoms with van der Waals surface area (Å²) >= 11 is 0. The molecule has 1 aliphatic rings. The summed E-state index contributed by atoms with van der Waals surface area (Å²) in [6, 6.07) is 9.83. The maximum Gasteiger partial charge on any atom is 0.251 e. The minimum absolute atomic E-state index is 0.186. The summed E-state index contributed by atoms with van der Waals surface area (Å²) in [6.45, 7) is 2.43. The van der Waals surface area contributed by atoms with Crippen molar-refractivity contribution in [3.05, 3.63) is 70.5 Å². The van der Waals surface area contributed by atoms with Gasteiger partial charge in [-0.2, -0.15) is 4.31 Å². The van der Waals surface area contributed by atoms with Crippen LogP contribution >= 0.6 is 0 Å². The van der Waals surface area contributed by atoms with E-state index in [1.807, 2.05) is 6.92 Å². The van der Waals surface area contributed by atoms with E-state index in [1.54, 1.807) is 49.8 Å². The topological polar surface area (TPSA) is 105 Å². The van der Waals surface area contributed by atoms with Gasteiger partial charge < -0.3 is 9.72 Å². The Kier molecular flexibility index (Phi) is 5.40. The predicted octanol–water partition coefficient (Wildman–Crippen LogP) is 2.33. The Morgan fingerprint density at radius 2 is 1.93 bits per heavy atom. The van der Waals surface area contributed by atoms with Gasteiger partial charge in [-0.25, -0.2) is 13.4 Å². The largest absolute Gasteiger partial charge is 0.496 e. The number of methoxy groups -OCH3 is 1. The van der Waals surface area contributed by atoms with Crippen molar-refractivity contribution in [2.75, 3.05) is 20.2 Å². The molecule has 1 aromatic carbocycles. The second-order valence-corrected chi connectivity index (χ2v) is 9.17. The molecular formula is C21H22N4O4S. The van der Waals surface area contributed by atoms with E-state index in [4.69, 9.17) is 4.74 Å². The van der Waals surface area contributed by atoms with Crippen LogP contribution in [0.25, 0.3) is 11.3 Å². The molecule has 3 aromatic rings. The molecule has 0 saturated carbocycles. The molecule has 156 valence electrons. The summed E-state index contributed by atoms with van der Waals surface area (Å²) in [7, 11) is -2.10. The summed E-state index contributed by atoms with van der Waals surface area (Å²) < 4.78 is 32.9. The van der Waals surface area contributed by atoms with Crippen LogP contribution in [0.3, 0.4) is 0 Å². The summed E-state index contributed by atoms with van der Waals surface area (Å²) in [5.41, 5.74) is 1.82. The van der Waals surface area contributed by atoms with Crippen molar-refractivity contribution in [2.45, 2.75) is 24.2 Å². The first kappa shape index (κ1) is 20.2. The Hall–Kier alpha value is -3.04. The van der Waals surface area contributed by atoms with E-state index in [0.29, 0.717) is 30.2 Å². The zero-order chi connectivity index (χ0) is 21.3. The quantitative estimate of drug-likeness (QED) is 0.671. The summed E-state index contributed by atoms with van der Waals surface area (Å²) in [5.74, 6) is 0.953. The number of aromatic amines is 1. The second-order valence-electron chi connectivity index (χ2n) is 7.23. The van der Waals surface area contributed by atoms with Crippen LogP contribution < -0.4 is 10.3 Å². The van der Waals surface area contributed by atoms with Crippen molar-refractivity contribution in [1.82, 2.24) is 19.3 Å². The molecular weight excluding hydrogens is 404 g/mol. The van der Waals surface area contributed by atoms with Gasteiger partial charge in [0, 0.05) is 43.0 Å². The smallest absolute Gasteiger partial charge is 0.251 e. The molecule has 4 rings (SSSR count). The lowest BCUT2D eigenvalue weighted by Gasteiger charge is -2.17. The van der Waals surface area contributed by atoms with Crippen LogP contribution in [-0.4, -0.2) is 47.9 Å². The summed E-state index contributed by atoms with van der Waals surface area (Å²) in [6.07, 6.45) is 3.86. The number of aromatic nitrogens is 3. The van der Waals surface area contributed by atoms with E-state index in [9.17, 15) is 13.2 Å². The number of benzene rings is 1. The molecule has 3 heterocycles. The van der Waals surface area contributed by atoms with Gasteiger partial charge in [0.1, 0.15) is 11.6 Å². The van der Waals surface area contributed by atoms with E-state index in [1.165, 1.54) is 10.4 Å². The van der Waals surface area contributed by atoms with Gasteiger partial charge in [0.05, 0.1) is 17.7 Å². The van der Waals surface area contributed by atoms with Crippen LogP contribution in [0.5, 0.6) is 5.75 Å². The predicted molar refractivity (Wildman–Crippen MR) is 112 cm³/mol. The highest BCUT2D eigenvalue weighted by molar-refractivity contribution is 7.89. The number of pyridine rings is 1. The third kappa shape index (κ3) is 3.86. The van der Waals surface area contributed by atoms with Crippen LogP contribution in [0.2, 0.25) is 0 Å². The molecule has 0 amide bonds. The monoisotopic (exact) mass is 426 g/mol. The van der Waals surface area contributed by atoms with Crippen LogP contribution in [0.4, 0.5) is 0 Å². The fraction of sp³-hybridized carbons (Fsp3) is 0.286. The van der Waals surface area contributed by atoms with Crippen molar-refractivity contribution < 1.29 is 13.2 Å². The minimum Gasteiger partial charge on any atom is -0.496 e. The number of nitrogens with zero attached hydrogens (tertiary/aromatic N) is 3. The van der Waals surface area contributed by atoms with Gasteiger partial charge in [-0.15, -0.1) is 0 Å². The highest BCUT2D eigenvalue weighted by Crippen LogP contribution is 2.31. The maximum absolute atomic E-state index is 13.1. The number of rotatable bonds is 5. The maximum atomic E-state index is 13.1. The number of nitrogens with one attached hydrogen (secondary N) is 1. The summed E-state index contributed by atoms with van der Waals surface area (Å²) in [5, 5.41) is 0. The molecule has 1 aliphatic heterocycles. The Morgan fingerprint density at radius 3 is 2.63 bits per heavy atom. The Labute approximate surface area is 174 Å².